The number of rotatable bonds is 3. The maximum atomic E-state index is 12.3. The van der Waals surface area contributed by atoms with Crippen molar-refractivity contribution < 1.29 is 4.79 Å². The molecule has 0 aliphatic heterocycles. The third-order valence-electron chi connectivity index (χ3n) is 4.08. The summed E-state index contributed by atoms with van der Waals surface area (Å²) in [6.07, 6.45) is 5.35. The normalized spacial score (nSPS) is 22.0. The van der Waals surface area contributed by atoms with Gasteiger partial charge in [-0.1, -0.05) is 12.1 Å². The Labute approximate surface area is 123 Å². The summed E-state index contributed by atoms with van der Waals surface area (Å²) in [5.41, 5.74) is 8.65. The average molecular weight is 284 g/mol. The number of H-pyrrole nitrogens is 1. The van der Waals surface area contributed by atoms with Crippen LogP contribution in [-0.4, -0.2) is 22.1 Å². The van der Waals surface area contributed by atoms with Crippen LogP contribution in [0.15, 0.2) is 36.5 Å². The van der Waals surface area contributed by atoms with E-state index in [0.29, 0.717) is 0 Å². The maximum absolute atomic E-state index is 12.3. The molecule has 0 spiro atoms. The molecule has 1 aromatic heterocycles. The van der Waals surface area contributed by atoms with E-state index in [-0.39, 0.29) is 17.9 Å². The molecule has 5 nitrogen and oxygen atoms in total. The van der Waals surface area contributed by atoms with Gasteiger partial charge in [0.25, 0.3) is 0 Å². The van der Waals surface area contributed by atoms with Gasteiger partial charge in [0.1, 0.15) is 0 Å². The summed E-state index contributed by atoms with van der Waals surface area (Å²) < 4.78 is 0. The lowest BCUT2D eigenvalue weighted by atomic mass is 9.86. The first-order valence-electron chi connectivity index (χ1n) is 7.38. The van der Waals surface area contributed by atoms with Crippen molar-refractivity contribution >= 4 is 11.6 Å². The first-order valence-corrected chi connectivity index (χ1v) is 7.38. The van der Waals surface area contributed by atoms with E-state index < -0.39 is 0 Å². The fourth-order valence-electron chi connectivity index (χ4n) is 2.81. The van der Waals surface area contributed by atoms with Crippen LogP contribution >= 0.6 is 0 Å². The number of benzene rings is 1. The van der Waals surface area contributed by atoms with Crippen LogP contribution in [0, 0.1) is 5.92 Å². The van der Waals surface area contributed by atoms with Crippen LogP contribution in [0.1, 0.15) is 25.7 Å². The minimum absolute atomic E-state index is 0.0839. The molecule has 5 heteroatoms. The fourth-order valence-corrected chi connectivity index (χ4v) is 2.81. The maximum Gasteiger partial charge on any atom is 0.227 e. The highest BCUT2D eigenvalue weighted by Crippen LogP contribution is 2.25. The first-order chi connectivity index (χ1) is 10.2. The molecule has 21 heavy (non-hydrogen) atoms. The Hall–Kier alpha value is -2.14. The van der Waals surface area contributed by atoms with E-state index >= 15 is 0 Å². The van der Waals surface area contributed by atoms with Crippen molar-refractivity contribution in [3.05, 3.63) is 36.5 Å². The molecule has 0 atom stereocenters. The van der Waals surface area contributed by atoms with Crippen molar-refractivity contribution in [3.63, 3.8) is 0 Å². The molecule has 4 N–H and O–H groups in total. The number of nitrogens with one attached hydrogen (secondary N) is 2. The van der Waals surface area contributed by atoms with Crippen LogP contribution in [0.5, 0.6) is 0 Å². The molecule has 1 heterocycles. The number of aromatic amines is 1. The Morgan fingerprint density at radius 2 is 2.05 bits per heavy atom. The molecular formula is C16H20N4O. The van der Waals surface area contributed by atoms with Gasteiger partial charge in [-0.25, -0.2) is 0 Å². The highest BCUT2D eigenvalue weighted by Gasteiger charge is 2.24. The highest BCUT2D eigenvalue weighted by molar-refractivity contribution is 5.93. The van der Waals surface area contributed by atoms with Gasteiger partial charge in [0.05, 0.1) is 5.69 Å². The molecule has 1 aliphatic rings. The summed E-state index contributed by atoms with van der Waals surface area (Å²) in [6, 6.07) is 9.96. The summed E-state index contributed by atoms with van der Waals surface area (Å²) in [5.74, 6) is 0.185. The largest absolute Gasteiger partial charge is 0.328 e. The number of hydrogen-bond donors (Lipinski definition) is 3. The lowest BCUT2D eigenvalue weighted by Gasteiger charge is -2.25. The predicted molar refractivity (Wildman–Crippen MR) is 82.6 cm³/mol. The zero-order valence-electron chi connectivity index (χ0n) is 11.9. The minimum Gasteiger partial charge on any atom is -0.328 e. The standard InChI is InChI=1S/C16H20N4O/c17-13-6-4-11(5-7-13)16(21)19-14-3-1-2-12(10-14)15-8-9-18-20-15/h1-3,8-11,13H,4-7,17H2,(H,18,20)(H,19,21). The lowest BCUT2D eigenvalue weighted by molar-refractivity contribution is -0.120. The Bertz CT molecular complexity index is 600. The van der Waals surface area contributed by atoms with Gasteiger partial charge in [-0.05, 0) is 43.9 Å². The molecule has 110 valence electrons. The lowest BCUT2D eigenvalue weighted by Crippen LogP contribution is -2.32. The summed E-state index contributed by atoms with van der Waals surface area (Å²) in [5, 5.41) is 9.89. The molecular weight excluding hydrogens is 264 g/mol. The van der Waals surface area contributed by atoms with Crippen LogP contribution in [-0.2, 0) is 4.79 Å². The van der Waals surface area contributed by atoms with E-state index in [1.54, 1.807) is 6.20 Å². The van der Waals surface area contributed by atoms with Crippen molar-refractivity contribution in [1.29, 1.82) is 0 Å². The van der Waals surface area contributed by atoms with E-state index in [9.17, 15) is 4.79 Å². The van der Waals surface area contributed by atoms with E-state index in [4.69, 9.17) is 5.73 Å². The number of anilines is 1. The third kappa shape index (κ3) is 3.31. The second-order valence-corrected chi connectivity index (χ2v) is 5.65. The zero-order valence-corrected chi connectivity index (χ0v) is 11.9. The van der Waals surface area contributed by atoms with Crippen molar-refractivity contribution in [2.75, 3.05) is 5.32 Å². The molecule has 0 radical (unpaired) electrons. The fraction of sp³-hybridized carbons (Fsp3) is 0.375. The molecule has 1 amide bonds. The highest BCUT2D eigenvalue weighted by atomic mass is 16.1. The Morgan fingerprint density at radius 3 is 2.76 bits per heavy atom. The number of nitrogens with two attached hydrogens (primary N) is 1. The number of aromatic nitrogens is 2. The quantitative estimate of drug-likeness (QED) is 0.809. The number of nitrogens with zero attached hydrogens (tertiary/aromatic N) is 1. The van der Waals surface area contributed by atoms with Gasteiger partial charge in [-0.2, -0.15) is 5.10 Å². The molecule has 1 saturated carbocycles. The number of carbonyl (C=O) groups is 1. The summed E-state index contributed by atoms with van der Waals surface area (Å²) in [6.45, 7) is 0. The molecule has 3 rings (SSSR count). The average Bonchev–Trinajstić information content (AvgIpc) is 3.02. The summed E-state index contributed by atoms with van der Waals surface area (Å²) >= 11 is 0. The molecule has 0 unspecified atom stereocenters. The number of carbonyl (C=O) groups excluding carboxylic acids is 1. The Balaban J connectivity index is 1.67. The van der Waals surface area contributed by atoms with Crippen molar-refractivity contribution in [3.8, 4) is 11.3 Å². The van der Waals surface area contributed by atoms with Gasteiger partial charge in [-0.3, -0.25) is 9.89 Å². The second kappa shape index (κ2) is 6.10. The SMILES string of the molecule is NC1CCC(C(=O)Nc2cccc(-c3ccn[nH]3)c2)CC1. The van der Waals surface area contributed by atoms with E-state index in [1.165, 1.54) is 0 Å². The van der Waals surface area contributed by atoms with Crippen LogP contribution < -0.4 is 11.1 Å². The zero-order chi connectivity index (χ0) is 14.7. The predicted octanol–water partition coefficient (Wildman–Crippen LogP) is 2.53. The monoisotopic (exact) mass is 284 g/mol. The minimum atomic E-state index is 0.0839. The number of hydrogen-bond acceptors (Lipinski definition) is 3. The molecule has 0 saturated heterocycles. The summed E-state index contributed by atoms with van der Waals surface area (Å²) in [4.78, 5) is 12.3. The van der Waals surface area contributed by atoms with E-state index in [1.807, 2.05) is 30.3 Å². The van der Waals surface area contributed by atoms with Crippen molar-refractivity contribution in [1.82, 2.24) is 10.2 Å². The number of amides is 1. The second-order valence-electron chi connectivity index (χ2n) is 5.65. The van der Waals surface area contributed by atoms with Gasteiger partial charge in [0, 0.05) is 29.4 Å². The van der Waals surface area contributed by atoms with Gasteiger partial charge in [0.2, 0.25) is 5.91 Å². The molecule has 0 bridgehead atoms. The van der Waals surface area contributed by atoms with Crippen molar-refractivity contribution in [2.24, 2.45) is 11.7 Å². The van der Waals surface area contributed by atoms with Gasteiger partial charge in [0.15, 0.2) is 0 Å². The third-order valence-corrected chi connectivity index (χ3v) is 4.08. The topological polar surface area (TPSA) is 83.8 Å². The van der Waals surface area contributed by atoms with Crippen LogP contribution in [0.4, 0.5) is 5.69 Å². The van der Waals surface area contributed by atoms with Gasteiger partial charge < -0.3 is 11.1 Å². The van der Waals surface area contributed by atoms with Crippen LogP contribution in [0.2, 0.25) is 0 Å². The Kier molecular flexibility index (Phi) is 4.01. The Morgan fingerprint density at radius 1 is 1.24 bits per heavy atom. The molecule has 2 aromatic rings. The van der Waals surface area contributed by atoms with Crippen LogP contribution in [0.3, 0.4) is 0 Å². The van der Waals surface area contributed by atoms with Crippen LogP contribution in [0.25, 0.3) is 11.3 Å². The molecule has 1 aromatic carbocycles. The summed E-state index contributed by atoms with van der Waals surface area (Å²) in [7, 11) is 0. The van der Waals surface area contributed by atoms with E-state index in [2.05, 4.69) is 15.5 Å². The smallest absolute Gasteiger partial charge is 0.227 e. The van der Waals surface area contributed by atoms with Gasteiger partial charge >= 0.3 is 0 Å². The first kappa shape index (κ1) is 13.8. The molecule has 1 aliphatic carbocycles. The van der Waals surface area contributed by atoms with E-state index in [0.717, 1.165) is 42.6 Å². The van der Waals surface area contributed by atoms with Crippen molar-refractivity contribution in [2.45, 2.75) is 31.7 Å². The van der Waals surface area contributed by atoms with Gasteiger partial charge in [-0.15, -0.1) is 0 Å². The molecule has 1 fully saturated rings.